The molecular weight excluding hydrogens is 294 g/mol. The summed E-state index contributed by atoms with van der Waals surface area (Å²) in [7, 11) is 0. The molecule has 6 nitrogen and oxygen atoms in total. The van der Waals surface area contributed by atoms with E-state index in [1.165, 1.54) is 0 Å². The highest BCUT2D eigenvalue weighted by Gasteiger charge is 2.51. The Hall–Kier alpha value is -2.57. The zero-order valence-electron chi connectivity index (χ0n) is 13.0. The Morgan fingerprint density at radius 2 is 2.22 bits per heavy atom. The van der Waals surface area contributed by atoms with Crippen molar-refractivity contribution in [2.45, 2.75) is 37.8 Å². The van der Waals surface area contributed by atoms with Crippen molar-refractivity contribution in [3.05, 3.63) is 29.8 Å². The van der Waals surface area contributed by atoms with Gasteiger partial charge < -0.3 is 9.84 Å². The number of para-hydroxylation sites is 1. The minimum atomic E-state index is -1.07. The van der Waals surface area contributed by atoms with E-state index in [9.17, 15) is 15.2 Å². The zero-order chi connectivity index (χ0) is 16.9. The number of aromatic hydroxyl groups is 1. The van der Waals surface area contributed by atoms with E-state index in [0.29, 0.717) is 5.56 Å². The Kier molecular flexibility index (Phi) is 5.20. The van der Waals surface area contributed by atoms with Crippen molar-refractivity contribution in [3.8, 4) is 17.9 Å². The van der Waals surface area contributed by atoms with Crippen molar-refractivity contribution in [2.75, 3.05) is 6.61 Å². The Morgan fingerprint density at radius 1 is 1.48 bits per heavy atom. The van der Waals surface area contributed by atoms with Crippen molar-refractivity contribution in [1.82, 2.24) is 5.32 Å². The van der Waals surface area contributed by atoms with Crippen LogP contribution < -0.4 is 5.32 Å². The first kappa shape index (κ1) is 16.8. The third-order valence-corrected chi connectivity index (χ3v) is 4.17. The average molecular weight is 313 g/mol. The maximum atomic E-state index is 12.4. The summed E-state index contributed by atoms with van der Waals surface area (Å²) in [6.45, 7) is 1.94. The fourth-order valence-corrected chi connectivity index (χ4v) is 3.07. The summed E-state index contributed by atoms with van der Waals surface area (Å²) in [5, 5.41) is 31.6. The van der Waals surface area contributed by atoms with Crippen molar-refractivity contribution in [3.63, 3.8) is 0 Å². The van der Waals surface area contributed by atoms with Crippen LogP contribution in [0.4, 0.5) is 0 Å². The molecule has 1 fully saturated rings. The first-order chi connectivity index (χ1) is 11.1. The van der Waals surface area contributed by atoms with Gasteiger partial charge in [0.15, 0.2) is 0 Å². The molecule has 0 aromatic heterocycles. The van der Waals surface area contributed by atoms with E-state index in [4.69, 9.17) is 10.00 Å². The van der Waals surface area contributed by atoms with Crippen molar-refractivity contribution < 1.29 is 14.6 Å². The fourth-order valence-electron chi connectivity index (χ4n) is 3.07. The zero-order valence-corrected chi connectivity index (χ0v) is 13.0. The molecule has 1 aromatic carbocycles. The number of carbonyl (C=O) groups excluding carboxylic acids is 1. The van der Waals surface area contributed by atoms with Crippen LogP contribution in [-0.4, -0.2) is 23.2 Å². The largest absolute Gasteiger partial charge is 0.508 e. The van der Waals surface area contributed by atoms with Crippen LogP contribution >= 0.6 is 0 Å². The molecule has 1 aromatic rings. The molecule has 0 radical (unpaired) electrons. The van der Waals surface area contributed by atoms with Gasteiger partial charge in [0, 0.05) is 12.0 Å². The molecule has 2 N–H and O–H groups in total. The molecule has 0 aliphatic carbocycles. The van der Waals surface area contributed by atoms with Crippen LogP contribution in [0.5, 0.6) is 5.75 Å². The van der Waals surface area contributed by atoms with E-state index in [0.717, 1.165) is 0 Å². The van der Waals surface area contributed by atoms with Crippen molar-refractivity contribution >= 4 is 5.97 Å². The lowest BCUT2D eigenvalue weighted by atomic mass is 9.87. The molecule has 0 saturated carbocycles. The monoisotopic (exact) mass is 313 g/mol. The van der Waals surface area contributed by atoms with Crippen molar-refractivity contribution in [2.24, 2.45) is 5.92 Å². The summed E-state index contributed by atoms with van der Waals surface area (Å²) in [5.74, 6) is -0.870. The lowest BCUT2D eigenvalue weighted by Crippen LogP contribution is -2.49. The first-order valence-electron chi connectivity index (χ1n) is 7.57. The van der Waals surface area contributed by atoms with Crippen LogP contribution in [0, 0.1) is 28.6 Å². The molecule has 1 aliphatic rings. The highest BCUT2D eigenvalue weighted by atomic mass is 16.5. The number of ether oxygens (including phenoxy) is 1. The molecule has 1 aliphatic heterocycles. The topological polar surface area (TPSA) is 106 Å². The van der Waals surface area contributed by atoms with E-state index in [1.807, 2.05) is 6.07 Å². The summed E-state index contributed by atoms with van der Waals surface area (Å²) in [5.41, 5.74) is -0.499. The van der Waals surface area contributed by atoms with Gasteiger partial charge in [-0.25, -0.2) is 0 Å². The molecule has 1 saturated heterocycles. The third-order valence-electron chi connectivity index (χ3n) is 4.17. The standard InChI is InChI=1S/C17H19N3O3/c1-2-23-16(22)17(8-5-9-18)10-12(11-19)15(20-17)13-6-3-4-7-14(13)21/h3-4,6-7,12,15,20-21H,2,5,8,10H2,1H3. The summed E-state index contributed by atoms with van der Waals surface area (Å²) < 4.78 is 5.15. The van der Waals surface area contributed by atoms with Gasteiger partial charge in [-0.15, -0.1) is 0 Å². The number of benzene rings is 1. The van der Waals surface area contributed by atoms with Crippen LogP contribution in [0.25, 0.3) is 0 Å². The highest BCUT2D eigenvalue weighted by Crippen LogP contribution is 2.43. The lowest BCUT2D eigenvalue weighted by molar-refractivity contribution is -0.151. The second-order valence-corrected chi connectivity index (χ2v) is 5.58. The molecule has 120 valence electrons. The van der Waals surface area contributed by atoms with E-state index in [1.54, 1.807) is 31.2 Å². The SMILES string of the molecule is CCOC(=O)C1(CCC#N)CC(C#N)C(c2ccccc2O)N1. The number of nitrogens with one attached hydrogen (secondary N) is 1. The Labute approximate surface area is 135 Å². The molecule has 0 spiro atoms. The Bertz CT molecular complexity index is 662. The van der Waals surface area contributed by atoms with E-state index in [2.05, 4.69) is 11.4 Å². The van der Waals surface area contributed by atoms with Crippen molar-refractivity contribution in [1.29, 1.82) is 10.5 Å². The summed E-state index contributed by atoms with van der Waals surface area (Å²) in [6, 6.07) is 10.5. The molecule has 6 heteroatoms. The molecule has 23 heavy (non-hydrogen) atoms. The van der Waals surface area contributed by atoms with Crippen LogP contribution in [-0.2, 0) is 9.53 Å². The predicted octanol–water partition coefficient (Wildman–Crippen LogP) is 2.17. The van der Waals surface area contributed by atoms with Crippen LogP contribution in [0.15, 0.2) is 24.3 Å². The molecule has 0 bridgehead atoms. The molecule has 0 amide bonds. The number of nitrogens with zero attached hydrogens (tertiary/aromatic N) is 2. The van der Waals surface area contributed by atoms with Gasteiger partial charge in [0.1, 0.15) is 11.3 Å². The summed E-state index contributed by atoms with van der Waals surface area (Å²) in [4.78, 5) is 12.4. The summed E-state index contributed by atoms with van der Waals surface area (Å²) in [6.07, 6.45) is 0.699. The minimum absolute atomic E-state index is 0.0743. The predicted molar refractivity (Wildman–Crippen MR) is 81.9 cm³/mol. The van der Waals surface area contributed by atoms with Crippen LogP contribution in [0.3, 0.4) is 0 Å². The Morgan fingerprint density at radius 3 is 2.83 bits per heavy atom. The number of rotatable bonds is 5. The lowest BCUT2D eigenvalue weighted by Gasteiger charge is -2.27. The maximum absolute atomic E-state index is 12.4. The van der Waals surface area contributed by atoms with Gasteiger partial charge in [0.25, 0.3) is 0 Å². The van der Waals surface area contributed by atoms with Crippen LogP contribution in [0.2, 0.25) is 0 Å². The Balaban J connectivity index is 2.37. The number of phenols is 1. The molecule has 3 unspecified atom stereocenters. The van der Waals surface area contributed by atoms with Gasteiger partial charge in [-0.05, 0) is 25.8 Å². The first-order valence-corrected chi connectivity index (χ1v) is 7.57. The van der Waals surface area contributed by atoms with Gasteiger partial charge in [-0.1, -0.05) is 18.2 Å². The van der Waals surface area contributed by atoms with E-state index in [-0.39, 0.29) is 31.6 Å². The van der Waals surface area contributed by atoms with Gasteiger partial charge in [-0.3, -0.25) is 10.1 Å². The van der Waals surface area contributed by atoms with E-state index < -0.39 is 23.5 Å². The summed E-state index contributed by atoms with van der Waals surface area (Å²) >= 11 is 0. The second-order valence-electron chi connectivity index (χ2n) is 5.58. The number of phenolic OH excluding ortho intramolecular Hbond substituents is 1. The molecule has 2 rings (SSSR count). The number of carbonyl (C=O) groups is 1. The average Bonchev–Trinajstić information content (AvgIpc) is 2.94. The molecule has 1 heterocycles. The maximum Gasteiger partial charge on any atom is 0.326 e. The normalized spacial score (nSPS) is 26.2. The molecular formula is C17H19N3O3. The van der Waals surface area contributed by atoms with Gasteiger partial charge >= 0.3 is 5.97 Å². The van der Waals surface area contributed by atoms with Gasteiger partial charge in [0.05, 0.1) is 30.7 Å². The number of hydrogen-bond donors (Lipinski definition) is 2. The van der Waals surface area contributed by atoms with Gasteiger partial charge in [-0.2, -0.15) is 10.5 Å². The second kappa shape index (κ2) is 7.13. The number of hydrogen-bond acceptors (Lipinski definition) is 6. The number of nitriles is 2. The number of esters is 1. The highest BCUT2D eigenvalue weighted by molar-refractivity contribution is 5.81. The smallest absolute Gasteiger partial charge is 0.326 e. The fraction of sp³-hybridized carbons (Fsp3) is 0.471. The van der Waals surface area contributed by atoms with E-state index >= 15 is 0 Å². The van der Waals surface area contributed by atoms with Gasteiger partial charge in [0.2, 0.25) is 0 Å². The third kappa shape index (κ3) is 3.28. The quantitative estimate of drug-likeness (QED) is 0.807. The minimum Gasteiger partial charge on any atom is -0.508 e. The van der Waals surface area contributed by atoms with Crippen LogP contribution in [0.1, 0.15) is 37.8 Å². The molecule has 3 atom stereocenters.